The second-order valence-corrected chi connectivity index (χ2v) is 4.86. The highest BCUT2D eigenvalue weighted by atomic mass is 16.6. The molecule has 0 spiro atoms. The number of hydrogen-bond acceptors (Lipinski definition) is 4. The van der Waals surface area contributed by atoms with Gasteiger partial charge in [0.1, 0.15) is 5.60 Å². The highest BCUT2D eigenvalue weighted by Crippen LogP contribution is 2.12. The second-order valence-electron chi connectivity index (χ2n) is 4.86. The van der Waals surface area contributed by atoms with E-state index in [1.54, 1.807) is 26.8 Å². The van der Waals surface area contributed by atoms with Gasteiger partial charge < -0.3 is 14.9 Å². The summed E-state index contributed by atoms with van der Waals surface area (Å²) in [5, 5.41) is 18.9. The zero-order valence-electron chi connectivity index (χ0n) is 10.3. The lowest BCUT2D eigenvalue weighted by Crippen LogP contribution is -2.28. The van der Waals surface area contributed by atoms with Gasteiger partial charge in [-0.1, -0.05) is 6.08 Å². The van der Waals surface area contributed by atoms with Crippen LogP contribution in [0.2, 0.25) is 0 Å². The summed E-state index contributed by atoms with van der Waals surface area (Å²) in [5.41, 5.74) is -0.545. The predicted octanol–water partition coefficient (Wildman–Crippen LogP) is 1.41. The van der Waals surface area contributed by atoms with Crippen LogP contribution in [-0.4, -0.2) is 34.0 Å². The number of ether oxygens (including phenoxy) is 1. The first-order chi connectivity index (χ1) is 7.24. The minimum Gasteiger partial charge on any atom is -0.460 e. The lowest BCUT2D eigenvalue weighted by molar-refractivity contribution is -0.157. The Morgan fingerprint density at radius 3 is 2.38 bits per heavy atom. The molecule has 0 heterocycles. The highest BCUT2D eigenvalue weighted by molar-refractivity contribution is 5.70. The first-order valence-electron chi connectivity index (χ1n) is 5.43. The third-order valence-corrected chi connectivity index (χ3v) is 1.81. The van der Waals surface area contributed by atoms with E-state index in [0.29, 0.717) is 6.42 Å². The molecule has 2 atom stereocenters. The van der Waals surface area contributed by atoms with Crippen molar-refractivity contribution < 1.29 is 19.7 Å². The molecule has 0 saturated carbocycles. The van der Waals surface area contributed by atoms with Crippen LogP contribution in [-0.2, 0) is 9.53 Å². The monoisotopic (exact) mass is 230 g/mol. The molecular weight excluding hydrogens is 208 g/mol. The molecule has 0 aromatic rings. The van der Waals surface area contributed by atoms with Crippen molar-refractivity contribution in [3.05, 3.63) is 12.7 Å². The van der Waals surface area contributed by atoms with Crippen LogP contribution in [0.25, 0.3) is 0 Å². The number of aliphatic hydroxyl groups excluding tert-OH is 2. The molecule has 0 saturated heterocycles. The number of rotatable bonds is 6. The Labute approximate surface area is 96.9 Å². The average molecular weight is 230 g/mol. The van der Waals surface area contributed by atoms with Crippen molar-refractivity contribution in [1.82, 2.24) is 0 Å². The van der Waals surface area contributed by atoms with Crippen LogP contribution in [0, 0.1) is 0 Å². The first kappa shape index (κ1) is 15.1. The van der Waals surface area contributed by atoms with Crippen molar-refractivity contribution in [1.29, 1.82) is 0 Å². The molecule has 4 nitrogen and oxygen atoms in total. The van der Waals surface area contributed by atoms with Gasteiger partial charge >= 0.3 is 5.97 Å². The largest absolute Gasteiger partial charge is 0.460 e. The van der Waals surface area contributed by atoms with Crippen LogP contribution in [0.1, 0.15) is 40.0 Å². The maximum absolute atomic E-state index is 11.3. The highest BCUT2D eigenvalue weighted by Gasteiger charge is 2.20. The van der Waals surface area contributed by atoms with E-state index in [1.807, 2.05) is 0 Å². The van der Waals surface area contributed by atoms with E-state index >= 15 is 0 Å². The van der Waals surface area contributed by atoms with Gasteiger partial charge in [-0.3, -0.25) is 4.79 Å². The molecule has 94 valence electrons. The van der Waals surface area contributed by atoms with Crippen molar-refractivity contribution in [3.8, 4) is 0 Å². The normalized spacial score (nSPS) is 15.3. The summed E-state index contributed by atoms with van der Waals surface area (Å²) in [6, 6.07) is 0. The van der Waals surface area contributed by atoms with Gasteiger partial charge in [0.05, 0.1) is 18.6 Å². The van der Waals surface area contributed by atoms with Gasteiger partial charge in [0.2, 0.25) is 0 Å². The van der Waals surface area contributed by atoms with Gasteiger partial charge in [0, 0.05) is 6.42 Å². The molecule has 16 heavy (non-hydrogen) atoms. The Bertz CT molecular complexity index is 230. The third kappa shape index (κ3) is 8.44. The molecule has 0 rings (SSSR count). The second kappa shape index (κ2) is 6.66. The fourth-order valence-corrected chi connectivity index (χ4v) is 1.26. The Kier molecular flexibility index (Phi) is 6.29. The molecule has 0 aliphatic carbocycles. The molecule has 0 aromatic heterocycles. The van der Waals surface area contributed by atoms with Crippen LogP contribution >= 0.6 is 0 Å². The summed E-state index contributed by atoms with van der Waals surface area (Å²) in [7, 11) is 0. The molecule has 0 aromatic carbocycles. The van der Waals surface area contributed by atoms with E-state index in [4.69, 9.17) is 4.74 Å². The fraction of sp³-hybridized carbons (Fsp3) is 0.750. The topological polar surface area (TPSA) is 66.8 Å². The minimum absolute atomic E-state index is 0.0918. The minimum atomic E-state index is -0.871. The van der Waals surface area contributed by atoms with Gasteiger partial charge in [-0.2, -0.15) is 0 Å². The molecule has 4 heteroatoms. The van der Waals surface area contributed by atoms with Crippen LogP contribution in [0.15, 0.2) is 12.7 Å². The van der Waals surface area contributed by atoms with E-state index in [1.165, 1.54) is 0 Å². The van der Waals surface area contributed by atoms with Crippen molar-refractivity contribution in [3.63, 3.8) is 0 Å². The SMILES string of the molecule is C=CC[C@@H](O)C[C@@H](O)CC(=O)OC(C)(C)C. The molecule has 0 unspecified atom stereocenters. The van der Waals surface area contributed by atoms with Gasteiger partial charge in [-0.25, -0.2) is 0 Å². The molecule has 0 amide bonds. The zero-order chi connectivity index (χ0) is 12.8. The van der Waals surface area contributed by atoms with Crippen molar-refractivity contribution >= 4 is 5.97 Å². The summed E-state index contributed by atoms with van der Waals surface area (Å²) < 4.78 is 5.05. The lowest BCUT2D eigenvalue weighted by atomic mass is 10.1. The maximum Gasteiger partial charge on any atom is 0.308 e. The standard InChI is InChI=1S/C12H22O4/c1-5-6-9(13)7-10(14)8-11(15)16-12(2,3)4/h5,9-10,13-14H,1,6-8H2,2-4H3/t9-,10-/m1/s1. The van der Waals surface area contributed by atoms with E-state index in [2.05, 4.69) is 6.58 Å². The summed E-state index contributed by atoms with van der Waals surface area (Å²) in [6.07, 6.45) is 0.521. The van der Waals surface area contributed by atoms with Crippen LogP contribution in [0.3, 0.4) is 0 Å². The lowest BCUT2D eigenvalue weighted by Gasteiger charge is -2.21. The van der Waals surface area contributed by atoms with Crippen LogP contribution < -0.4 is 0 Å². The van der Waals surface area contributed by atoms with Crippen LogP contribution in [0.5, 0.6) is 0 Å². The number of esters is 1. The fourth-order valence-electron chi connectivity index (χ4n) is 1.26. The van der Waals surface area contributed by atoms with Gasteiger partial charge in [-0.05, 0) is 27.2 Å². The Morgan fingerprint density at radius 1 is 1.38 bits per heavy atom. The molecule has 0 radical (unpaired) electrons. The van der Waals surface area contributed by atoms with Crippen LogP contribution in [0.4, 0.5) is 0 Å². The molecule has 0 aliphatic rings. The van der Waals surface area contributed by atoms with Crippen molar-refractivity contribution in [2.24, 2.45) is 0 Å². The summed E-state index contributed by atoms with van der Waals surface area (Å²) in [4.78, 5) is 11.3. The average Bonchev–Trinajstić information content (AvgIpc) is 1.98. The quantitative estimate of drug-likeness (QED) is 0.535. The molecule has 0 fully saturated rings. The smallest absolute Gasteiger partial charge is 0.308 e. The third-order valence-electron chi connectivity index (χ3n) is 1.81. The summed E-state index contributed by atoms with van der Waals surface area (Å²) in [6.45, 7) is 8.79. The van der Waals surface area contributed by atoms with Crippen molar-refractivity contribution in [2.45, 2.75) is 57.8 Å². The van der Waals surface area contributed by atoms with E-state index in [-0.39, 0.29) is 12.8 Å². The Morgan fingerprint density at radius 2 is 1.94 bits per heavy atom. The number of carbonyl (C=O) groups is 1. The van der Waals surface area contributed by atoms with E-state index in [9.17, 15) is 15.0 Å². The molecule has 0 bridgehead atoms. The predicted molar refractivity (Wildman–Crippen MR) is 61.9 cm³/mol. The van der Waals surface area contributed by atoms with E-state index < -0.39 is 23.8 Å². The molecular formula is C12H22O4. The van der Waals surface area contributed by atoms with Gasteiger partial charge in [0.25, 0.3) is 0 Å². The van der Waals surface area contributed by atoms with Gasteiger partial charge in [0.15, 0.2) is 0 Å². The van der Waals surface area contributed by atoms with Gasteiger partial charge in [-0.15, -0.1) is 6.58 Å². The van der Waals surface area contributed by atoms with Crippen molar-refractivity contribution in [2.75, 3.05) is 0 Å². The first-order valence-corrected chi connectivity index (χ1v) is 5.43. The zero-order valence-corrected chi connectivity index (χ0v) is 10.3. The molecule has 0 aliphatic heterocycles. The summed E-state index contributed by atoms with van der Waals surface area (Å²) >= 11 is 0. The Balaban J connectivity index is 3.91. The van der Waals surface area contributed by atoms with E-state index in [0.717, 1.165) is 0 Å². The Hall–Kier alpha value is -0.870. The number of carbonyl (C=O) groups excluding carboxylic acids is 1. The molecule has 2 N–H and O–H groups in total. The number of hydrogen-bond donors (Lipinski definition) is 2. The summed E-state index contributed by atoms with van der Waals surface area (Å²) in [5.74, 6) is -0.453. The number of aliphatic hydroxyl groups is 2. The maximum atomic E-state index is 11.3.